The number of carbonyl (C=O) groups excluding carboxylic acids is 1. The molecule has 0 aliphatic carbocycles. The molecule has 0 aromatic carbocycles. The monoisotopic (exact) mass is 289 g/mol. The summed E-state index contributed by atoms with van der Waals surface area (Å²) in [4.78, 5) is 18.1. The molecule has 1 N–H and O–H groups in total. The van der Waals surface area contributed by atoms with E-state index in [1.807, 2.05) is 38.8 Å². The standard InChI is InChI=1S/C10H15N3OS3/c1-8-12-9(7-15-8)6-11-10(14)13-2-4-16-17-5-3-13/h7H,2-6H2,1H3,(H,11,14). The van der Waals surface area contributed by atoms with Crippen molar-refractivity contribution < 1.29 is 4.79 Å². The van der Waals surface area contributed by atoms with Crippen molar-refractivity contribution in [1.29, 1.82) is 0 Å². The van der Waals surface area contributed by atoms with Gasteiger partial charge in [-0.1, -0.05) is 21.6 Å². The van der Waals surface area contributed by atoms with Gasteiger partial charge >= 0.3 is 6.03 Å². The van der Waals surface area contributed by atoms with E-state index in [1.165, 1.54) is 0 Å². The molecule has 2 rings (SSSR count). The Morgan fingerprint density at radius 2 is 2.18 bits per heavy atom. The van der Waals surface area contributed by atoms with Gasteiger partial charge in [0.2, 0.25) is 0 Å². The van der Waals surface area contributed by atoms with E-state index in [2.05, 4.69) is 10.3 Å². The zero-order valence-electron chi connectivity index (χ0n) is 9.64. The van der Waals surface area contributed by atoms with E-state index in [9.17, 15) is 4.79 Å². The number of amides is 2. The third-order valence-electron chi connectivity index (χ3n) is 2.35. The van der Waals surface area contributed by atoms with Crippen LogP contribution in [0, 0.1) is 6.92 Å². The van der Waals surface area contributed by atoms with Gasteiger partial charge < -0.3 is 10.2 Å². The Bertz CT molecular complexity index is 375. The van der Waals surface area contributed by atoms with Crippen molar-refractivity contribution >= 4 is 39.0 Å². The van der Waals surface area contributed by atoms with Crippen molar-refractivity contribution in [2.75, 3.05) is 24.6 Å². The lowest BCUT2D eigenvalue weighted by Gasteiger charge is -2.19. The molecule has 4 nitrogen and oxygen atoms in total. The quantitative estimate of drug-likeness (QED) is 0.849. The molecule has 2 amide bonds. The maximum absolute atomic E-state index is 11.9. The first-order valence-corrected chi connectivity index (χ1v) is 8.80. The molecule has 94 valence electrons. The van der Waals surface area contributed by atoms with Crippen molar-refractivity contribution in [1.82, 2.24) is 15.2 Å². The summed E-state index contributed by atoms with van der Waals surface area (Å²) in [6.45, 7) is 4.17. The summed E-state index contributed by atoms with van der Waals surface area (Å²) >= 11 is 1.61. The maximum Gasteiger partial charge on any atom is 0.317 e. The topological polar surface area (TPSA) is 45.2 Å². The lowest BCUT2D eigenvalue weighted by molar-refractivity contribution is 0.204. The number of hydrogen-bond acceptors (Lipinski definition) is 5. The zero-order valence-corrected chi connectivity index (χ0v) is 12.1. The number of hydrogen-bond donors (Lipinski definition) is 1. The molecule has 1 aromatic heterocycles. The van der Waals surface area contributed by atoms with Gasteiger partial charge in [-0.2, -0.15) is 0 Å². The minimum atomic E-state index is 0.0266. The van der Waals surface area contributed by atoms with E-state index in [4.69, 9.17) is 0 Å². The normalized spacial score (nSPS) is 16.6. The van der Waals surface area contributed by atoms with Gasteiger partial charge in [0.1, 0.15) is 0 Å². The molecule has 1 saturated heterocycles. The molecule has 1 aliphatic rings. The molecule has 1 fully saturated rings. The fraction of sp³-hybridized carbons (Fsp3) is 0.600. The van der Waals surface area contributed by atoms with Crippen molar-refractivity contribution in [3.63, 3.8) is 0 Å². The van der Waals surface area contributed by atoms with Crippen LogP contribution in [0.25, 0.3) is 0 Å². The third-order valence-corrected chi connectivity index (χ3v) is 5.53. The summed E-state index contributed by atoms with van der Waals surface area (Å²) in [6.07, 6.45) is 0. The maximum atomic E-state index is 11.9. The number of nitrogens with zero attached hydrogens (tertiary/aromatic N) is 2. The number of urea groups is 1. The zero-order chi connectivity index (χ0) is 12.1. The molecular weight excluding hydrogens is 274 g/mol. The van der Waals surface area contributed by atoms with Crippen LogP contribution in [0.2, 0.25) is 0 Å². The van der Waals surface area contributed by atoms with E-state index >= 15 is 0 Å². The average molecular weight is 289 g/mol. The van der Waals surface area contributed by atoms with Crippen molar-refractivity contribution in [2.45, 2.75) is 13.5 Å². The lowest BCUT2D eigenvalue weighted by Crippen LogP contribution is -2.41. The highest BCUT2D eigenvalue weighted by Crippen LogP contribution is 2.23. The molecule has 0 saturated carbocycles. The minimum absolute atomic E-state index is 0.0266. The first-order valence-electron chi connectivity index (χ1n) is 5.44. The number of aromatic nitrogens is 1. The van der Waals surface area contributed by atoms with E-state index in [1.54, 1.807) is 11.3 Å². The van der Waals surface area contributed by atoms with Crippen LogP contribution in [-0.4, -0.2) is 40.5 Å². The fourth-order valence-corrected chi connectivity index (χ4v) is 4.09. The van der Waals surface area contributed by atoms with Crippen molar-refractivity contribution in [3.8, 4) is 0 Å². The summed E-state index contributed by atoms with van der Waals surface area (Å²) in [5.74, 6) is 2.02. The SMILES string of the molecule is Cc1nc(CNC(=O)N2CCSSCC2)cs1. The van der Waals surface area contributed by atoms with Crippen LogP contribution in [0.3, 0.4) is 0 Å². The molecule has 17 heavy (non-hydrogen) atoms. The number of carbonyl (C=O) groups is 1. The smallest absolute Gasteiger partial charge is 0.317 e. The Kier molecular flexibility index (Phi) is 4.99. The number of rotatable bonds is 2. The first kappa shape index (κ1) is 13.0. The minimum Gasteiger partial charge on any atom is -0.332 e. The predicted octanol–water partition coefficient (Wildman–Crippen LogP) is 2.36. The molecule has 0 atom stereocenters. The van der Waals surface area contributed by atoms with E-state index in [-0.39, 0.29) is 6.03 Å². The van der Waals surface area contributed by atoms with Crippen molar-refractivity contribution in [3.05, 3.63) is 16.1 Å². The van der Waals surface area contributed by atoms with Gasteiger partial charge in [0.25, 0.3) is 0 Å². The predicted molar refractivity (Wildman–Crippen MR) is 75.6 cm³/mol. The van der Waals surface area contributed by atoms with Gasteiger partial charge in [0.05, 0.1) is 17.2 Å². The number of thiazole rings is 1. The molecule has 0 bridgehead atoms. The molecule has 0 radical (unpaired) electrons. The number of aryl methyl sites for hydroxylation is 1. The van der Waals surface area contributed by atoms with Crippen molar-refractivity contribution in [2.24, 2.45) is 0 Å². The molecule has 1 aromatic rings. The fourth-order valence-electron chi connectivity index (χ4n) is 1.50. The van der Waals surface area contributed by atoms with Crippen LogP contribution in [-0.2, 0) is 6.54 Å². The Morgan fingerprint density at radius 3 is 2.76 bits per heavy atom. The summed E-state index contributed by atoms with van der Waals surface area (Å²) < 4.78 is 0. The molecule has 7 heteroatoms. The summed E-state index contributed by atoms with van der Waals surface area (Å²) in [7, 11) is 3.68. The van der Waals surface area contributed by atoms with Crippen LogP contribution in [0.4, 0.5) is 4.79 Å². The second-order valence-corrected chi connectivity index (χ2v) is 7.41. The van der Waals surface area contributed by atoms with Gasteiger partial charge in [0.15, 0.2) is 0 Å². The average Bonchev–Trinajstić information content (AvgIpc) is 2.58. The van der Waals surface area contributed by atoms with Crippen LogP contribution in [0.5, 0.6) is 0 Å². The molecular formula is C10H15N3OS3. The van der Waals surface area contributed by atoms with Gasteiger partial charge in [-0.3, -0.25) is 0 Å². The van der Waals surface area contributed by atoms with Crippen LogP contribution >= 0.6 is 32.9 Å². The van der Waals surface area contributed by atoms with Gasteiger partial charge in [0, 0.05) is 30.0 Å². The van der Waals surface area contributed by atoms with E-state index in [0.29, 0.717) is 6.54 Å². The largest absolute Gasteiger partial charge is 0.332 e. The molecule has 2 heterocycles. The highest BCUT2D eigenvalue weighted by Gasteiger charge is 2.15. The number of nitrogens with one attached hydrogen (secondary N) is 1. The van der Waals surface area contributed by atoms with Gasteiger partial charge in [-0.25, -0.2) is 9.78 Å². The van der Waals surface area contributed by atoms with E-state index in [0.717, 1.165) is 35.3 Å². The lowest BCUT2D eigenvalue weighted by atomic mass is 10.4. The molecule has 0 spiro atoms. The Labute approximate surface area is 113 Å². The summed E-state index contributed by atoms with van der Waals surface area (Å²) in [5, 5.41) is 5.95. The highest BCUT2D eigenvalue weighted by atomic mass is 33.1. The van der Waals surface area contributed by atoms with Crippen LogP contribution in [0.15, 0.2) is 5.38 Å². The Hall–Kier alpha value is -0.400. The second kappa shape index (κ2) is 6.51. The van der Waals surface area contributed by atoms with Crippen LogP contribution in [0.1, 0.15) is 10.7 Å². The van der Waals surface area contributed by atoms with Gasteiger partial charge in [-0.15, -0.1) is 11.3 Å². The van der Waals surface area contributed by atoms with Gasteiger partial charge in [-0.05, 0) is 6.92 Å². The van der Waals surface area contributed by atoms with E-state index < -0.39 is 0 Å². The highest BCUT2D eigenvalue weighted by molar-refractivity contribution is 8.76. The first-order chi connectivity index (χ1) is 8.25. The molecule has 0 unspecified atom stereocenters. The third kappa shape index (κ3) is 4.08. The second-order valence-electron chi connectivity index (χ2n) is 3.65. The summed E-state index contributed by atoms with van der Waals surface area (Å²) in [6, 6.07) is 0.0266. The Morgan fingerprint density at radius 1 is 1.47 bits per heavy atom. The Balaban J connectivity index is 1.79. The van der Waals surface area contributed by atoms with Crippen LogP contribution < -0.4 is 5.32 Å². The molecule has 1 aliphatic heterocycles. The summed E-state index contributed by atoms with van der Waals surface area (Å²) in [5.41, 5.74) is 0.944.